The summed E-state index contributed by atoms with van der Waals surface area (Å²) < 4.78 is 12.2. The Morgan fingerprint density at radius 2 is 1.58 bits per heavy atom. The van der Waals surface area contributed by atoms with Gasteiger partial charge in [0.25, 0.3) is 0 Å². The highest BCUT2D eigenvalue weighted by Gasteiger charge is 2.59. The highest BCUT2D eigenvalue weighted by Crippen LogP contribution is 2.58. The minimum absolute atomic E-state index is 0.0781. The smallest absolute Gasteiger partial charge is 0.403 e. The van der Waals surface area contributed by atoms with Gasteiger partial charge in [0.05, 0.1) is 11.2 Å². The minimum Gasteiger partial charge on any atom is -0.403 e. The molecule has 0 aromatic heterocycles. The number of halogens is 1. The molecular weight excluding hydrogens is 258 g/mol. The molecule has 4 heteroatoms. The molecule has 0 radical (unpaired) electrons. The van der Waals surface area contributed by atoms with Gasteiger partial charge in [0.15, 0.2) is 0 Å². The van der Waals surface area contributed by atoms with E-state index >= 15 is 0 Å². The van der Waals surface area contributed by atoms with Gasteiger partial charge in [-0.15, -0.1) is 0 Å². The van der Waals surface area contributed by atoms with E-state index in [2.05, 4.69) is 39.8 Å². The van der Waals surface area contributed by atoms with Crippen LogP contribution in [0, 0.1) is 0 Å². The van der Waals surface area contributed by atoms with Gasteiger partial charge in [-0.1, -0.05) is 23.7 Å². The third-order valence-electron chi connectivity index (χ3n) is 4.76. The Balaban J connectivity index is 1.70. The number of rotatable bonds is 2. The zero-order chi connectivity index (χ0) is 13.8. The van der Waals surface area contributed by atoms with Gasteiger partial charge in [-0.25, -0.2) is 0 Å². The Kier molecular flexibility index (Phi) is 3.01. The van der Waals surface area contributed by atoms with Gasteiger partial charge >= 0.3 is 7.12 Å². The molecule has 2 nitrogen and oxygen atoms in total. The molecule has 3 rings (SSSR count). The van der Waals surface area contributed by atoms with Crippen molar-refractivity contribution in [1.82, 2.24) is 0 Å². The van der Waals surface area contributed by atoms with Crippen LogP contribution in [0.25, 0.3) is 0 Å². The third-order valence-corrected chi connectivity index (χ3v) is 5.01. The number of hydrogen-bond donors (Lipinski definition) is 0. The van der Waals surface area contributed by atoms with Crippen molar-refractivity contribution in [2.45, 2.75) is 57.1 Å². The SMILES string of the molecule is CC1(C)OB([C@H]2C[C@@H]2c2ccc(Cl)cc2)OC1(C)C. The molecule has 0 amide bonds. The molecule has 19 heavy (non-hydrogen) atoms. The molecule has 1 heterocycles. The molecule has 102 valence electrons. The van der Waals surface area contributed by atoms with Crippen LogP contribution in [0.1, 0.15) is 45.6 Å². The lowest BCUT2D eigenvalue weighted by atomic mass is 9.79. The van der Waals surface area contributed by atoms with E-state index in [1.165, 1.54) is 5.56 Å². The highest BCUT2D eigenvalue weighted by molar-refractivity contribution is 6.49. The van der Waals surface area contributed by atoms with Gasteiger partial charge in [0.2, 0.25) is 0 Å². The van der Waals surface area contributed by atoms with Crippen LogP contribution in [-0.4, -0.2) is 18.3 Å². The van der Waals surface area contributed by atoms with Crippen LogP contribution >= 0.6 is 11.6 Å². The summed E-state index contributed by atoms with van der Waals surface area (Å²) in [4.78, 5) is 0. The maximum Gasteiger partial charge on any atom is 0.461 e. The summed E-state index contributed by atoms with van der Waals surface area (Å²) in [6.07, 6.45) is 1.14. The fraction of sp³-hybridized carbons (Fsp3) is 0.600. The van der Waals surface area contributed by atoms with E-state index in [1.807, 2.05) is 12.1 Å². The first-order valence-electron chi connectivity index (χ1n) is 6.91. The average Bonchev–Trinajstić information content (AvgIpc) is 3.04. The van der Waals surface area contributed by atoms with E-state index in [-0.39, 0.29) is 18.3 Å². The molecule has 0 unspecified atom stereocenters. The summed E-state index contributed by atoms with van der Waals surface area (Å²) in [5, 5.41) is 0.789. The Morgan fingerprint density at radius 1 is 1.05 bits per heavy atom. The minimum atomic E-state index is -0.231. The second kappa shape index (κ2) is 4.24. The van der Waals surface area contributed by atoms with Crippen LogP contribution in [0.2, 0.25) is 10.8 Å². The average molecular weight is 279 g/mol. The summed E-state index contributed by atoms with van der Waals surface area (Å²) in [5.41, 5.74) is 0.874. The summed E-state index contributed by atoms with van der Waals surface area (Å²) in [5.74, 6) is 1.02. The van der Waals surface area contributed by atoms with Crippen molar-refractivity contribution in [3.63, 3.8) is 0 Å². The summed E-state index contributed by atoms with van der Waals surface area (Å²) in [6, 6.07) is 8.13. The van der Waals surface area contributed by atoms with Crippen molar-refractivity contribution in [3.8, 4) is 0 Å². The normalized spacial score (nSPS) is 31.5. The van der Waals surface area contributed by atoms with E-state index < -0.39 is 0 Å². The molecule has 2 aliphatic rings. The second-order valence-corrected chi connectivity index (χ2v) is 7.12. The van der Waals surface area contributed by atoms with E-state index in [9.17, 15) is 0 Å². The Hall–Kier alpha value is -0.505. The Labute approximate surface area is 120 Å². The quantitative estimate of drug-likeness (QED) is 0.751. The molecule has 0 bridgehead atoms. The van der Waals surface area contributed by atoms with Gasteiger partial charge in [-0.2, -0.15) is 0 Å². The predicted octanol–water partition coefficient (Wildman–Crippen LogP) is 4.29. The Morgan fingerprint density at radius 3 is 2.11 bits per heavy atom. The lowest BCUT2D eigenvalue weighted by molar-refractivity contribution is 0.00578. The van der Waals surface area contributed by atoms with Crippen LogP contribution in [0.15, 0.2) is 24.3 Å². The topological polar surface area (TPSA) is 18.5 Å². The van der Waals surface area contributed by atoms with Crippen molar-refractivity contribution in [3.05, 3.63) is 34.9 Å². The molecule has 1 aromatic rings. The largest absolute Gasteiger partial charge is 0.461 e. The van der Waals surface area contributed by atoms with Crippen LogP contribution in [-0.2, 0) is 9.31 Å². The van der Waals surface area contributed by atoms with Gasteiger partial charge in [0.1, 0.15) is 0 Å². The summed E-state index contributed by atoms with van der Waals surface area (Å²) >= 11 is 5.93. The van der Waals surface area contributed by atoms with E-state index in [4.69, 9.17) is 20.9 Å². The zero-order valence-corrected chi connectivity index (χ0v) is 12.7. The summed E-state index contributed by atoms with van der Waals surface area (Å²) in [7, 11) is -0.0781. The standard InChI is InChI=1S/C15H20BClO2/c1-14(2)15(3,4)19-16(18-14)13-9-12(13)10-5-7-11(17)8-6-10/h5-8,12-13H,9H2,1-4H3/t12-,13+/m1/s1. The number of hydrogen-bond acceptors (Lipinski definition) is 2. The first-order chi connectivity index (χ1) is 8.80. The fourth-order valence-corrected chi connectivity index (χ4v) is 2.80. The Bertz CT molecular complexity index is 467. The zero-order valence-electron chi connectivity index (χ0n) is 11.9. The first-order valence-corrected chi connectivity index (χ1v) is 7.29. The monoisotopic (exact) mass is 278 g/mol. The van der Waals surface area contributed by atoms with Crippen LogP contribution in [0.4, 0.5) is 0 Å². The molecule has 0 spiro atoms. The van der Waals surface area contributed by atoms with Gasteiger partial charge in [0, 0.05) is 10.8 Å². The van der Waals surface area contributed by atoms with Crippen molar-refractivity contribution < 1.29 is 9.31 Å². The van der Waals surface area contributed by atoms with Gasteiger partial charge < -0.3 is 9.31 Å². The molecule has 1 aliphatic heterocycles. The third kappa shape index (κ3) is 2.33. The summed E-state index contributed by atoms with van der Waals surface area (Å²) in [6.45, 7) is 8.42. The second-order valence-electron chi connectivity index (χ2n) is 6.68. The molecule has 1 saturated heterocycles. The maximum atomic E-state index is 6.12. The van der Waals surface area contributed by atoms with Crippen molar-refractivity contribution >= 4 is 18.7 Å². The van der Waals surface area contributed by atoms with Crippen LogP contribution in [0.3, 0.4) is 0 Å². The number of benzene rings is 1. The molecule has 1 aliphatic carbocycles. The molecular formula is C15H20BClO2. The molecule has 1 aromatic carbocycles. The molecule has 2 atom stereocenters. The van der Waals surface area contributed by atoms with Crippen LogP contribution < -0.4 is 0 Å². The van der Waals surface area contributed by atoms with Crippen molar-refractivity contribution in [2.24, 2.45) is 0 Å². The molecule has 1 saturated carbocycles. The van der Waals surface area contributed by atoms with Gasteiger partial charge in [-0.3, -0.25) is 0 Å². The van der Waals surface area contributed by atoms with E-state index in [0.717, 1.165) is 11.4 Å². The lowest BCUT2D eigenvalue weighted by Crippen LogP contribution is -2.41. The lowest BCUT2D eigenvalue weighted by Gasteiger charge is -2.32. The maximum absolute atomic E-state index is 6.12. The van der Waals surface area contributed by atoms with Crippen LogP contribution in [0.5, 0.6) is 0 Å². The van der Waals surface area contributed by atoms with Gasteiger partial charge in [-0.05, 0) is 57.7 Å². The van der Waals surface area contributed by atoms with E-state index in [1.54, 1.807) is 0 Å². The first kappa shape index (κ1) is 13.5. The van der Waals surface area contributed by atoms with Crippen molar-refractivity contribution in [2.75, 3.05) is 0 Å². The highest BCUT2D eigenvalue weighted by atomic mass is 35.5. The molecule has 0 N–H and O–H groups in total. The van der Waals surface area contributed by atoms with Crippen molar-refractivity contribution in [1.29, 1.82) is 0 Å². The molecule has 2 fully saturated rings. The fourth-order valence-electron chi connectivity index (χ4n) is 2.67. The van der Waals surface area contributed by atoms with E-state index in [0.29, 0.717) is 11.7 Å². The predicted molar refractivity (Wildman–Crippen MR) is 78.6 cm³/mol.